The van der Waals surface area contributed by atoms with E-state index in [9.17, 15) is 18.0 Å². The van der Waals surface area contributed by atoms with Crippen LogP contribution < -0.4 is 14.4 Å². The van der Waals surface area contributed by atoms with Gasteiger partial charge in [-0.2, -0.15) is 13.2 Å². The number of methoxy groups -OCH3 is 1. The van der Waals surface area contributed by atoms with E-state index in [1.54, 1.807) is 24.3 Å². The average molecular weight is 439 g/mol. The summed E-state index contributed by atoms with van der Waals surface area (Å²) in [6, 6.07) is 9.71. The molecule has 1 saturated heterocycles. The Hall–Kier alpha value is -2.52. The fourth-order valence-corrected chi connectivity index (χ4v) is 4.01. The molecule has 0 radical (unpaired) electrons. The van der Waals surface area contributed by atoms with Crippen LogP contribution in [0.3, 0.4) is 0 Å². The van der Waals surface area contributed by atoms with Gasteiger partial charge in [0.15, 0.2) is 15.8 Å². The number of anilines is 1. The van der Waals surface area contributed by atoms with Gasteiger partial charge >= 0.3 is 6.18 Å². The van der Waals surface area contributed by atoms with Crippen molar-refractivity contribution in [2.75, 3.05) is 18.6 Å². The van der Waals surface area contributed by atoms with Gasteiger partial charge in [0.05, 0.1) is 29.9 Å². The molecule has 0 saturated carbocycles. The van der Waals surface area contributed by atoms with Crippen LogP contribution in [0, 0.1) is 0 Å². The Bertz CT molecular complexity index is 989. The van der Waals surface area contributed by atoms with E-state index in [1.807, 2.05) is 6.92 Å². The summed E-state index contributed by atoms with van der Waals surface area (Å²) in [6.45, 7) is 2.33. The van der Waals surface area contributed by atoms with Crippen molar-refractivity contribution >= 4 is 46.0 Å². The molecule has 9 heteroatoms. The first-order valence-electron chi connectivity index (χ1n) is 8.50. The second-order valence-corrected chi connectivity index (χ2v) is 7.58. The third kappa shape index (κ3) is 4.56. The van der Waals surface area contributed by atoms with Crippen LogP contribution in [-0.2, 0) is 11.0 Å². The number of rotatable bonds is 5. The van der Waals surface area contributed by atoms with E-state index >= 15 is 0 Å². The summed E-state index contributed by atoms with van der Waals surface area (Å²) in [5, 5.41) is 0. The molecule has 1 amide bonds. The number of carbonyl (C=O) groups is 1. The molecule has 1 aliphatic rings. The van der Waals surface area contributed by atoms with E-state index in [0.717, 1.165) is 28.8 Å². The Morgan fingerprint density at radius 1 is 1.17 bits per heavy atom. The molecule has 0 aliphatic carbocycles. The summed E-state index contributed by atoms with van der Waals surface area (Å²) in [5.41, 5.74) is -0.0888. The van der Waals surface area contributed by atoms with Gasteiger partial charge in [0.2, 0.25) is 0 Å². The topological polar surface area (TPSA) is 38.8 Å². The lowest BCUT2D eigenvalue weighted by molar-refractivity contribution is -0.137. The molecule has 2 aromatic rings. The first-order chi connectivity index (χ1) is 13.7. The molecule has 1 heterocycles. The quantitative estimate of drug-likeness (QED) is 0.453. The molecular weight excluding hydrogens is 423 g/mol. The summed E-state index contributed by atoms with van der Waals surface area (Å²) >= 11 is 6.26. The smallest absolute Gasteiger partial charge is 0.416 e. The molecule has 4 nitrogen and oxygen atoms in total. The Balaban J connectivity index is 1.91. The van der Waals surface area contributed by atoms with Gasteiger partial charge in [-0.25, -0.2) is 0 Å². The van der Waals surface area contributed by atoms with E-state index in [0.29, 0.717) is 28.6 Å². The molecule has 1 fully saturated rings. The molecule has 0 N–H and O–H groups in total. The van der Waals surface area contributed by atoms with Crippen LogP contribution in [0.15, 0.2) is 47.4 Å². The number of halogens is 3. The number of hydrogen-bond donors (Lipinski definition) is 0. The molecule has 0 aromatic heterocycles. The number of carbonyl (C=O) groups excluding carboxylic acids is 1. The van der Waals surface area contributed by atoms with Crippen molar-refractivity contribution in [2.24, 2.45) is 0 Å². The minimum atomic E-state index is -4.51. The molecule has 0 spiro atoms. The maximum atomic E-state index is 13.0. The zero-order valence-corrected chi connectivity index (χ0v) is 17.1. The van der Waals surface area contributed by atoms with Crippen LogP contribution in [0.5, 0.6) is 11.5 Å². The van der Waals surface area contributed by atoms with Gasteiger partial charge in [0.25, 0.3) is 5.91 Å². The van der Waals surface area contributed by atoms with Crippen molar-refractivity contribution in [3.63, 3.8) is 0 Å². The van der Waals surface area contributed by atoms with Gasteiger partial charge in [-0.15, -0.1) is 0 Å². The third-order valence-electron chi connectivity index (χ3n) is 4.01. The molecule has 29 heavy (non-hydrogen) atoms. The monoisotopic (exact) mass is 439 g/mol. The predicted molar refractivity (Wildman–Crippen MR) is 111 cm³/mol. The lowest BCUT2D eigenvalue weighted by atomic mass is 10.1. The minimum absolute atomic E-state index is 0.0787. The summed E-state index contributed by atoms with van der Waals surface area (Å²) in [6.07, 6.45) is -2.89. The Morgan fingerprint density at radius 3 is 2.59 bits per heavy atom. The summed E-state index contributed by atoms with van der Waals surface area (Å²) < 4.78 is 49.9. The number of ether oxygens (including phenoxy) is 2. The summed E-state index contributed by atoms with van der Waals surface area (Å²) in [5.74, 6) is 0.602. The number of alkyl halides is 3. The van der Waals surface area contributed by atoms with Crippen LogP contribution in [-0.4, -0.2) is 23.9 Å². The zero-order valence-electron chi connectivity index (χ0n) is 15.4. The number of nitrogens with zero attached hydrogens (tertiary/aromatic N) is 1. The van der Waals surface area contributed by atoms with Gasteiger partial charge in [0.1, 0.15) is 0 Å². The molecule has 0 atom stereocenters. The molecule has 1 aliphatic heterocycles. The van der Waals surface area contributed by atoms with Crippen molar-refractivity contribution in [1.82, 2.24) is 0 Å². The normalized spacial score (nSPS) is 15.9. The standard InChI is InChI=1S/C20H16F3NO3S2/c1-3-27-15-8-7-12(9-16(15)26-2)10-17-18(25)24(19(28)29-17)14-6-4-5-13(11-14)20(21,22)23/h4-11H,3H2,1-2H3/b17-10-. The number of thioether (sulfide) groups is 1. The van der Waals surface area contributed by atoms with Gasteiger partial charge in [-0.05, 0) is 48.9 Å². The third-order valence-corrected chi connectivity index (χ3v) is 5.31. The van der Waals surface area contributed by atoms with E-state index in [-0.39, 0.29) is 10.0 Å². The zero-order chi connectivity index (χ0) is 21.2. The number of hydrogen-bond acceptors (Lipinski definition) is 5. The minimum Gasteiger partial charge on any atom is -0.493 e. The van der Waals surface area contributed by atoms with Crippen LogP contribution in [0.25, 0.3) is 6.08 Å². The number of thiocarbonyl (C=S) groups is 1. The van der Waals surface area contributed by atoms with Crippen LogP contribution >= 0.6 is 24.0 Å². The average Bonchev–Trinajstić information content (AvgIpc) is 2.95. The van der Waals surface area contributed by atoms with E-state index < -0.39 is 17.6 Å². The van der Waals surface area contributed by atoms with E-state index in [4.69, 9.17) is 21.7 Å². The van der Waals surface area contributed by atoms with Crippen molar-refractivity contribution in [2.45, 2.75) is 13.1 Å². The van der Waals surface area contributed by atoms with Gasteiger partial charge in [0, 0.05) is 0 Å². The molecule has 0 bridgehead atoms. The molecule has 152 valence electrons. The van der Waals surface area contributed by atoms with E-state index in [2.05, 4.69) is 0 Å². The predicted octanol–water partition coefficient (Wildman–Crippen LogP) is 5.52. The fourth-order valence-electron chi connectivity index (χ4n) is 2.71. The van der Waals surface area contributed by atoms with Crippen LogP contribution in [0.2, 0.25) is 0 Å². The lowest BCUT2D eigenvalue weighted by Crippen LogP contribution is -2.27. The summed E-state index contributed by atoms with van der Waals surface area (Å²) in [4.78, 5) is 14.2. The lowest BCUT2D eigenvalue weighted by Gasteiger charge is -2.16. The highest BCUT2D eigenvalue weighted by Crippen LogP contribution is 2.39. The van der Waals surface area contributed by atoms with Crippen molar-refractivity contribution < 1.29 is 27.4 Å². The Kier molecular flexibility index (Phi) is 6.18. The molecule has 2 aromatic carbocycles. The second kappa shape index (κ2) is 8.46. The fraction of sp³-hybridized carbons (Fsp3) is 0.200. The maximum Gasteiger partial charge on any atom is 0.416 e. The van der Waals surface area contributed by atoms with Crippen molar-refractivity contribution in [3.05, 3.63) is 58.5 Å². The van der Waals surface area contributed by atoms with Crippen molar-refractivity contribution in [3.8, 4) is 11.5 Å². The first kappa shape index (κ1) is 21.2. The Labute approximate surface area is 175 Å². The highest BCUT2D eigenvalue weighted by atomic mass is 32.2. The highest BCUT2D eigenvalue weighted by molar-refractivity contribution is 8.27. The molecule has 3 rings (SSSR count). The van der Waals surface area contributed by atoms with Gasteiger partial charge in [-0.1, -0.05) is 36.1 Å². The first-order valence-corrected chi connectivity index (χ1v) is 9.73. The van der Waals surface area contributed by atoms with E-state index in [1.165, 1.54) is 19.2 Å². The molecule has 0 unspecified atom stereocenters. The van der Waals surface area contributed by atoms with Gasteiger partial charge in [-0.3, -0.25) is 9.69 Å². The number of amides is 1. The van der Waals surface area contributed by atoms with Crippen LogP contribution in [0.4, 0.5) is 18.9 Å². The summed E-state index contributed by atoms with van der Waals surface area (Å²) in [7, 11) is 1.51. The largest absolute Gasteiger partial charge is 0.493 e. The maximum absolute atomic E-state index is 13.0. The SMILES string of the molecule is CCOc1ccc(/C=C2\SC(=S)N(c3cccc(C(F)(F)F)c3)C2=O)cc1OC. The highest BCUT2D eigenvalue weighted by Gasteiger charge is 2.36. The van der Waals surface area contributed by atoms with Crippen molar-refractivity contribution in [1.29, 1.82) is 0 Å². The van der Waals surface area contributed by atoms with Gasteiger partial charge < -0.3 is 9.47 Å². The number of benzene rings is 2. The van der Waals surface area contributed by atoms with Crippen LogP contribution in [0.1, 0.15) is 18.1 Å². The second-order valence-electron chi connectivity index (χ2n) is 5.91. The Morgan fingerprint density at radius 2 is 1.93 bits per heavy atom. The molecular formula is C20H16F3NO3S2.